The fraction of sp³-hybridized carbons (Fsp3) is 0.0484. The second-order valence-electron chi connectivity index (χ2n) is 17.9. The van der Waals surface area contributed by atoms with Crippen molar-refractivity contribution >= 4 is 48.7 Å². The molecule has 1 aliphatic carbocycles. The Balaban J connectivity index is 1.10. The molecule has 0 bridgehead atoms. The van der Waals surface area contributed by atoms with E-state index in [1.54, 1.807) is 0 Å². The molecule has 0 spiro atoms. The molecular formula is C62H42N2. The van der Waals surface area contributed by atoms with E-state index in [1.165, 1.54) is 93.2 Å². The van der Waals surface area contributed by atoms with Crippen LogP contribution in [0.2, 0.25) is 0 Å². The summed E-state index contributed by atoms with van der Waals surface area (Å²) in [5.41, 5.74) is 17.9. The number of pyridine rings is 1. The Hall–Kier alpha value is -8.07. The molecule has 0 N–H and O–H groups in total. The molecule has 1 aliphatic rings. The molecule has 2 heteroatoms. The number of nitrogens with zero attached hydrogens (tertiary/aromatic N) is 2. The Bertz CT molecular complexity index is 3840. The van der Waals surface area contributed by atoms with Gasteiger partial charge in [-0.2, -0.15) is 0 Å². The second kappa shape index (κ2) is 14.0. The smallest absolute Gasteiger partial charge is 0.137 e. The molecule has 2 aromatic heterocycles. The zero-order valence-electron chi connectivity index (χ0n) is 35.7. The predicted molar refractivity (Wildman–Crippen MR) is 270 cm³/mol. The Labute approximate surface area is 372 Å². The third kappa shape index (κ3) is 5.42. The average Bonchev–Trinajstić information content (AvgIpc) is 3.85. The Kier molecular flexibility index (Phi) is 7.98. The summed E-state index contributed by atoms with van der Waals surface area (Å²) in [5.74, 6) is 0. The fourth-order valence-electron chi connectivity index (χ4n) is 11.0. The van der Waals surface area contributed by atoms with Gasteiger partial charge in [0, 0.05) is 22.7 Å². The van der Waals surface area contributed by atoms with Crippen LogP contribution in [0.4, 0.5) is 0 Å². The molecule has 0 atom stereocenters. The normalized spacial score (nSPS) is 13.0. The van der Waals surface area contributed by atoms with Gasteiger partial charge in [0.2, 0.25) is 0 Å². The number of fused-ring (bicyclic) bond motifs is 8. The fourth-order valence-corrected chi connectivity index (χ4v) is 11.0. The third-order valence-electron chi connectivity index (χ3n) is 14.0. The molecular weight excluding hydrogens is 773 g/mol. The molecule has 0 saturated carbocycles. The molecule has 0 aliphatic heterocycles. The summed E-state index contributed by atoms with van der Waals surface area (Å²) in [6.07, 6.45) is 2.11. The summed E-state index contributed by atoms with van der Waals surface area (Å²) < 4.78 is 2.20. The van der Waals surface area contributed by atoms with E-state index < -0.39 is 0 Å². The maximum Gasteiger partial charge on any atom is 0.137 e. The number of imidazole rings is 1. The highest BCUT2D eigenvalue weighted by Gasteiger charge is 2.36. The van der Waals surface area contributed by atoms with Crippen LogP contribution in [0.5, 0.6) is 0 Å². The largest absolute Gasteiger partial charge is 0.299 e. The maximum absolute atomic E-state index is 5.17. The van der Waals surface area contributed by atoms with E-state index in [1.807, 2.05) is 0 Å². The summed E-state index contributed by atoms with van der Waals surface area (Å²) >= 11 is 0. The first kappa shape index (κ1) is 36.6. The molecule has 2 nitrogen and oxygen atoms in total. The van der Waals surface area contributed by atoms with Gasteiger partial charge in [-0.1, -0.05) is 196 Å². The molecule has 10 aromatic carbocycles. The summed E-state index contributed by atoms with van der Waals surface area (Å²) in [7, 11) is 0. The van der Waals surface area contributed by atoms with E-state index >= 15 is 0 Å². The van der Waals surface area contributed by atoms with Crippen LogP contribution < -0.4 is 0 Å². The Morgan fingerprint density at radius 2 is 0.922 bits per heavy atom. The van der Waals surface area contributed by atoms with E-state index in [9.17, 15) is 0 Å². The van der Waals surface area contributed by atoms with Crippen molar-refractivity contribution in [3.05, 3.63) is 230 Å². The third-order valence-corrected chi connectivity index (χ3v) is 14.0. The zero-order valence-corrected chi connectivity index (χ0v) is 35.7. The minimum Gasteiger partial charge on any atom is -0.299 e. The maximum atomic E-state index is 5.17. The minimum atomic E-state index is -0.157. The van der Waals surface area contributed by atoms with Crippen molar-refractivity contribution in [1.82, 2.24) is 9.38 Å². The summed E-state index contributed by atoms with van der Waals surface area (Å²) in [6.45, 7) is 4.79. The van der Waals surface area contributed by atoms with Gasteiger partial charge in [0.1, 0.15) is 5.65 Å². The van der Waals surface area contributed by atoms with Crippen LogP contribution in [-0.4, -0.2) is 9.38 Å². The van der Waals surface area contributed by atoms with Gasteiger partial charge >= 0.3 is 0 Å². The van der Waals surface area contributed by atoms with Crippen LogP contribution in [0.15, 0.2) is 219 Å². The Morgan fingerprint density at radius 3 is 1.67 bits per heavy atom. The highest BCUT2D eigenvalue weighted by molar-refractivity contribution is 6.26. The molecule has 13 rings (SSSR count). The van der Waals surface area contributed by atoms with E-state index in [-0.39, 0.29) is 5.41 Å². The van der Waals surface area contributed by atoms with Crippen LogP contribution in [0.1, 0.15) is 25.0 Å². The number of hydrogen-bond donors (Lipinski definition) is 0. The number of rotatable bonds is 5. The van der Waals surface area contributed by atoms with Gasteiger partial charge in [-0.15, -0.1) is 0 Å². The van der Waals surface area contributed by atoms with Crippen molar-refractivity contribution in [2.24, 2.45) is 0 Å². The van der Waals surface area contributed by atoms with E-state index in [0.717, 1.165) is 33.7 Å². The lowest BCUT2D eigenvalue weighted by atomic mass is 9.78. The molecule has 12 aromatic rings. The molecule has 0 radical (unpaired) electrons. The molecule has 0 fully saturated rings. The molecule has 0 unspecified atom stereocenters. The van der Waals surface area contributed by atoms with E-state index in [2.05, 4.69) is 237 Å². The molecule has 300 valence electrons. The first-order valence-corrected chi connectivity index (χ1v) is 22.3. The first-order valence-electron chi connectivity index (χ1n) is 22.3. The average molecular weight is 815 g/mol. The lowest BCUT2D eigenvalue weighted by Gasteiger charge is -2.24. The lowest BCUT2D eigenvalue weighted by molar-refractivity contribution is 0.661. The van der Waals surface area contributed by atoms with Gasteiger partial charge in [0.15, 0.2) is 0 Å². The van der Waals surface area contributed by atoms with E-state index in [4.69, 9.17) is 4.98 Å². The van der Waals surface area contributed by atoms with Crippen LogP contribution in [0, 0.1) is 0 Å². The monoisotopic (exact) mass is 814 g/mol. The highest BCUT2D eigenvalue weighted by atomic mass is 15.0. The summed E-state index contributed by atoms with van der Waals surface area (Å²) in [5, 5.41) is 10.0. The topological polar surface area (TPSA) is 17.3 Å². The number of aromatic nitrogens is 2. The van der Waals surface area contributed by atoms with E-state index in [0.29, 0.717) is 0 Å². The minimum absolute atomic E-state index is 0.157. The van der Waals surface area contributed by atoms with Gasteiger partial charge in [0.05, 0.1) is 11.4 Å². The highest BCUT2D eigenvalue weighted by Crippen LogP contribution is 2.54. The van der Waals surface area contributed by atoms with Crippen molar-refractivity contribution < 1.29 is 0 Å². The SMILES string of the molecule is CC1(C)c2ccccc2-c2cc3c(-c4cccc5ccccc45)c4ccc(-c5ccc(-c6nc7ccccn7c6-c6ccccc6)cc5)cc4c(-c4cccc5ccccc45)c3cc21. The Morgan fingerprint density at radius 1 is 0.359 bits per heavy atom. The number of hydrogen-bond acceptors (Lipinski definition) is 1. The second-order valence-corrected chi connectivity index (χ2v) is 17.9. The van der Waals surface area contributed by atoms with Crippen LogP contribution in [-0.2, 0) is 5.41 Å². The quantitative estimate of drug-likeness (QED) is 0.158. The molecule has 2 heterocycles. The first-order chi connectivity index (χ1) is 31.5. The van der Waals surface area contributed by atoms with Crippen molar-refractivity contribution in [2.45, 2.75) is 19.3 Å². The van der Waals surface area contributed by atoms with Crippen LogP contribution in [0.25, 0.3) is 116 Å². The van der Waals surface area contributed by atoms with Gasteiger partial charge in [-0.05, 0) is 129 Å². The standard InChI is InChI=1S/C62H42N2/c1-62(2)55-27-11-10-24-47(55)51-37-53-54(38-56(51)62)59(49-26-15-21-41-17-7-9-23-46(41)49)52-36-44(33-34-50(52)58(53)48-25-14-20-40-16-6-8-22-45(40)48)39-29-31-42(32-30-39)60-61(43-18-4-3-5-19-43)64-35-13-12-28-57(64)63-60/h3-38H,1-2H3. The van der Waals surface area contributed by atoms with Gasteiger partial charge in [0.25, 0.3) is 0 Å². The summed E-state index contributed by atoms with van der Waals surface area (Å²) in [6, 6.07) is 78.4. The van der Waals surface area contributed by atoms with Gasteiger partial charge < -0.3 is 0 Å². The van der Waals surface area contributed by atoms with Crippen molar-refractivity contribution in [2.75, 3.05) is 0 Å². The molecule has 0 amide bonds. The van der Waals surface area contributed by atoms with Crippen molar-refractivity contribution in [1.29, 1.82) is 0 Å². The molecule has 0 saturated heterocycles. The number of benzene rings is 10. The van der Waals surface area contributed by atoms with Crippen LogP contribution in [0.3, 0.4) is 0 Å². The lowest BCUT2D eigenvalue weighted by Crippen LogP contribution is -2.14. The predicted octanol–water partition coefficient (Wildman–Crippen LogP) is 16.6. The zero-order chi connectivity index (χ0) is 42.5. The van der Waals surface area contributed by atoms with Crippen LogP contribution >= 0.6 is 0 Å². The van der Waals surface area contributed by atoms with Gasteiger partial charge in [-0.25, -0.2) is 4.98 Å². The molecule has 64 heavy (non-hydrogen) atoms. The van der Waals surface area contributed by atoms with Gasteiger partial charge in [-0.3, -0.25) is 4.40 Å². The van der Waals surface area contributed by atoms with Crippen molar-refractivity contribution in [3.63, 3.8) is 0 Å². The van der Waals surface area contributed by atoms with Crippen molar-refractivity contribution in [3.8, 4) is 67.0 Å². The summed E-state index contributed by atoms with van der Waals surface area (Å²) in [4.78, 5) is 5.17.